The van der Waals surface area contributed by atoms with E-state index < -0.39 is 15.9 Å². The van der Waals surface area contributed by atoms with Crippen LogP contribution in [-0.2, 0) is 19.4 Å². The Kier molecular flexibility index (Phi) is 6.46. The highest BCUT2D eigenvalue weighted by molar-refractivity contribution is 7.91. The zero-order valence-electron chi connectivity index (χ0n) is 14.4. The third-order valence-corrected chi connectivity index (χ3v) is 6.34. The minimum absolute atomic E-state index is 0.0122. The molecule has 6 nitrogen and oxygen atoms in total. The number of halogens is 1. The van der Waals surface area contributed by atoms with Crippen molar-refractivity contribution in [2.24, 2.45) is 0 Å². The van der Waals surface area contributed by atoms with E-state index in [-0.39, 0.29) is 35.8 Å². The van der Waals surface area contributed by atoms with Gasteiger partial charge in [-0.25, -0.2) is 8.42 Å². The quantitative estimate of drug-likeness (QED) is 0.809. The molecule has 1 heterocycles. The molecule has 2 unspecified atom stereocenters. The van der Waals surface area contributed by atoms with Crippen molar-refractivity contribution < 1.29 is 18.0 Å². The van der Waals surface area contributed by atoms with Gasteiger partial charge in [0.1, 0.15) is 0 Å². The van der Waals surface area contributed by atoms with Gasteiger partial charge >= 0.3 is 0 Å². The minimum atomic E-state index is -3.07. The Bertz CT molecular complexity index is 734. The highest BCUT2D eigenvalue weighted by Crippen LogP contribution is 2.23. The van der Waals surface area contributed by atoms with Gasteiger partial charge in [-0.05, 0) is 31.0 Å². The lowest BCUT2D eigenvalue weighted by molar-refractivity contribution is -0.133. The Hall–Kier alpha value is -1.60. The van der Waals surface area contributed by atoms with Crippen molar-refractivity contribution in [3.63, 3.8) is 0 Å². The molecule has 1 N–H and O–H groups in total. The molecule has 0 radical (unpaired) electrons. The van der Waals surface area contributed by atoms with Crippen LogP contribution in [0.15, 0.2) is 24.3 Å². The lowest BCUT2D eigenvalue weighted by Crippen LogP contribution is -2.42. The van der Waals surface area contributed by atoms with Gasteiger partial charge < -0.3 is 10.2 Å². The fourth-order valence-corrected chi connectivity index (χ4v) is 5.00. The fourth-order valence-electron chi connectivity index (χ4n) is 3.14. The van der Waals surface area contributed by atoms with Crippen LogP contribution in [0.3, 0.4) is 0 Å². The number of nitrogens with one attached hydrogen (secondary N) is 1. The molecule has 8 heteroatoms. The van der Waals surface area contributed by atoms with Gasteiger partial charge in [0, 0.05) is 24.5 Å². The van der Waals surface area contributed by atoms with Gasteiger partial charge in [-0.1, -0.05) is 23.7 Å². The van der Waals surface area contributed by atoms with Crippen LogP contribution in [0.25, 0.3) is 0 Å². The van der Waals surface area contributed by atoms with Gasteiger partial charge in [-0.2, -0.15) is 0 Å². The molecule has 0 aliphatic carbocycles. The van der Waals surface area contributed by atoms with E-state index in [1.807, 2.05) is 6.92 Å². The molecule has 0 aromatic heterocycles. The number of nitrogens with zero attached hydrogens (tertiary/aromatic N) is 1. The number of hydrogen-bond acceptors (Lipinski definition) is 4. The first-order valence-corrected chi connectivity index (χ1v) is 10.4. The van der Waals surface area contributed by atoms with Crippen LogP contribution in [0.5, 0.6) is 0 Å². The van der Waals surface area contributed by atoms with Gasteiger partial charge in [0.25, 0.3) is 0 Å². The molecule has 0 bridgehead atoms. The number of amides is 2. The fraction of sp³-hybridized carbons (Fsp3) is 0.529. The van der Waals surface area contributed by atoms with Crippen LogP contribution in [0, 0.1) is 0 Å². The van der Waals surface area contributed by atoms with Gasteiger partial charge in [0.15, 0.2) is 9.84 Å². The van der Waals surface area contributed by atoms with Crippen molar-refractivity contribution in [2.75, 3.05) is 18.1 Å². The topological polar surface area (TPSA) is 83.6 Å². The number of carbonyl (C=O) groups is 2. The second-order valence-corrected chi connectivity index (χ2v) is 8.91. The molecular formula is C17H23ClN2O4S. The van der Waals surface area contributed by atoms with E-state index in [4.69, 9.17) is 11.6 Å². The summed E-state index contributed by atoms with van der Waals surface area (Å²) in [6.45, 7) is 3.67. The molecule has 0 saturated carbocycles. The maximum atomic E-state index is 12.8. The lowest BCUT2D eigenvalue weighted by Gasteiger charge is -2.29. The van der Waals surface area contributed by atoms with E-state index in [9.17, 15) is 18.0 Å². The second kappa shape index (κ2) is 8.19. The average molecular weight is 387 g/mol. The largest absolute Gasteiger partial charge is 0.349 e. The summed E-state index contributed by atoms with van der Waals surface area (Å²) in [5, 5.41) is 3.36. The van der Waals surface area contributed by atoms with Crippen molar-refractivity contribution in [1.29, 1.82) is 0 Å². The first kappa shape index (κ1) is 19.7. The van der Waals surface area contributed by atoms with Gasteiger partial charge in [-0.15, -0.1) is 0 Å². The first-order chi connectivity index (χ1) is 11.7. The predicted molar refractivity (Wildman–Crippen MR) is 97.1 cm³/mol. The Balaban J connectivity index is 2.14. The SMILES string of the molecule is CCN(C(=O)CC(NC(C)=O)c1ccc(Cl)cc1)C1CCS(=O)(=O)C1. The Morgan fingerprint density at radius 3 is 2.44 bits per heavy atom. The standard InChI is InChI=1S/C17H23ClN2O4S/c1-3-20(15-8-9-25(23,24)11-15)17(22)10-16(19-12(2)21)13-4-6-14(18)7-5-13/h4-7,15-16H,3,8-11H2,1-2H3,(H,19,21). The average Bonchev–Trinajstić information content (AvgIpc) is 2.87. The van der Waals surface area contributed by atoms with E-state index in [2.05, 4.69) is 5.32 Å². The van der Waals surface area contributed by atoms with Crippen LogP contribution in [0.1, 0.15) is 38.3 Å². The molecule has 1 aliphatic rings. The highest BCUT2D eigenvalue weighted by Gasteiger charge is 2.34. The van der Waals surface area contributed by atoms with E-state index in [0.717, 1.165) is 5.56 Å². The summed E-state index contributed by atoms with van der Waals surface area (Å²) in [6, 6.07) is 6.19. The summed E-state index contributed by atoms with van der Waals surface area (Å²) in [6.07, 6.45) is 0.541. The maximum absolute atomic E-state index is 12.8. The molecule has 1 fully saturated rings. The van der Waals surface area contributed by atoms with E-state index in [0.29, 0.717) is 18.0 Å². The van der Waals surface area contributed by atoms with Crippen LogP contribution in [0.4, 0.5) is 0 Å². The molecule has 1 aliphatic heterocycles. The summed E-state index contributed by atoms with van der Waals surface area (Å²) >= 11 is 5.89. The normalized spacial score (nSPS) is 20.0. The van der Waals surface area contributed by atoms with Crippen molar-refractivity contribution in [3.05, 3.63) is 34.9 Å². The van der Waals surface area contributed by atoms with E-state index >= 15 is 0 Å². The smallest absolute Gasteiger partial charge is 0.225 e. The predicted octanol–water partition coefficient (Wildman–Crippen LogP) is 1.94. The van der Waals surface area contributed by atoms with Gasteiger partial charge in [-0.3, -0.25) is 9.59 Å². The number of hydrogen-bond donors (Lipinski definition) is 1. The van der Waals surface area contributed by atoms with Crippen molar-refractivity contribution in [1.82, 2.24) is 10.2 Å². The summed E-state index contributed by atoms with van der Waals surface area (Å²) in [5.74, 6) is -0.274. The zero-order chi connectivity index (χ0) is 18.6. The molecule has 2 amide bonds. The van der Waals surface area contributed by atoms with Crippen LogP contribution < -0.4 is 5.32 Å². The Morgan fingerprint density at radius 1 is 1.32 bits per heavy atom. The second-order valence-electron chi connectivity index (χ2n) is 6.25. The molecule has 1 aromatic carbocycles. The highest BCUT2D eigenvalue weighted by atomic mass is 35.5. The molecule has 2 rings (SSSR count). The van der Waals surface area contributed by atoms with Crippen LogP contribution in [0.2, 0.25) is 5.02 Å². The number of sulfone groups is 1. The number of rotatable bonds is 6. The molecule has 2 atom stereocenters. The Labute approximate surface area is 153 Å². The first-order valence-electron chi connectivity index (χ1n) is 8.24. The molecule has 138 valence electrons. The number of benzene rings is 1. The van der Waals surface area contributed by atoms with Crippen molar-refractivity contribution in [3.8, 4) is 0 Å². The number of carbonyl (C=O) groups excluding carboxylic acids is 2. The van der Waals surface area contributed by atoms with Crippen LogP contribution in [-0.4, -0.2) is 49.2 Å². The molecule has 1 aromatic rings. The zero-order valence-corrected chi connectivity index (χ0v) is 15.9. The van der Waals surface area contributed by atoms with Crippen LogP contribution >= 0.6 is 11.6 Å². The van der Waals surface area contributed by atoms with Crippen molar-refractivity contribution in [2.45, 2.75) is 38.8 Å². The monoisotopic (exact) mass is 386 g/mol. The van der Waals surface area contributed by atoms with E-state index in [1.54, 1.807) is 29.2 Å². The molecule has 25 heavy (non-hydrogen) atoms. The maximum Gasteiger partial charge on any atom is 0.225 e. The third-order valence-electron chi connectivity index (χ3n) is 4.34. The lowest BCUT2D eigenvalue weighted by atomic mass is 10.0. The Morgan fingerprint density at radius 2 is 1.96 bits per heavy atom. The third kappa shape index (κ3) is 5.44. The molecular weight excluding hydrogens is 364 g/mol. The van der Waals surface area contributed by atoms with Gasteiger partial charge in [0.05, 0.1) is 24.0 Å². The molecule has 0 spiro atoms. The summed E-state index contributed by atoms with van der Waals surface area (Å²) in [7, 11) is -3.07. The summed E-state index contributed by atoms with van der Waals surface area (Å²) < 4.78 is 23.4. The summed E-state index contributed by atoms with van der Waals surface area (Å²) in [4.78, 5) is 25.9. The van der Waals surface area contributed by atoms with E-state index in [1.165, 1.54) is 6.92 Å². The minimum Gasteiger partial charge on any atom is -0.349 e. The molecule has 1 saturated heterocycles. The summed E-state index contributed by atoms with van der Waals surface area (Å²) in [5.41, 5.74) is 0.781. The van der Waals surface area contributed by atoms with Crippen molar-refractivity contribution >= 4 is 33.3 Å². The van der Waals surface area contributed by atoms with Gasteiger partial charge in [0.2, 0.25) is 11.8 Å².